The van der Waals surface area contributed by atoms with Gasteiger partial charge in [0.25, 0.3) is 0 Å². The highest BCUT2D eigenvalue weighted by Gasteiger charge is 2.38. The first-order valence-corrected chi connectivity index (χ1v) is 13.8. The summed E-state index contributed by atoms with van der Waals surface area (Å²) in [6.45, 7) is 1.38. The van der Waals surface area contributed by atoms with Crippen molar-refractivity contribution in [3.05, 3.63) is 65.0 Å². The van der Waals surface area contributed by atoms with Crippen LogP contribution >= 0.6 is 0 Å². The van der Waals surface area contributed by atoms with Gasteiger partial charge in [0.1, 0.15) is 11.6 Å². The first-order valence-electron chi connectivity index (χ1n) is 13.8. The number of alkyl halides is 9. The summed E-state index contributed by atoms with van der Waals surface area (Å²) >= 11 is 0. The van der Waals surface area contributed by atoms with Crippen molar-refractivity contribution in [2.24, 2.45) is 0 Å². The summed E-state index contributed by atoms with van der Waals surface area (Å²) in [6, 6.07) is 6.77. The van der Waals surface area contributed by atoms with E-state index in [1.165, 1.54) is 24.4 Å². The van der Waals surface area contributed by atoms with E-state index in [4.69, 9.17) is 14.9 Å². The fourth-order valence-electron chi connectivity index (χ4n) is 4.93. The molecule has 3 N–H and O–H groups in total. The lowest BCUT2D eigenvalue weighted by molar-refractivity contribution is -0.192. The second-order valence-electron chi connectivity index (χ2n) is 10.4. The first-order chi connectivity index (χ1) is 21.4. The number of nitrogens with zero attached hydrogens (tertiary/aromatic N) is 5. The summed E-state index contributed by atoms with van der Waals surface area (Å²) in [5.41, 5.74) is 0.0561. The summed E-state index contributed by atoms with van der Waals surface area (Å²) in [5.74, 6) is -2.20. The van der Waals surface area contributed by atoms with Crippen molar-refractivity contribution in [2.75, 3.05) is 41.3 Å². The van der Waals surface area contributed by atoms with Gasteiger partial charge in [-0.25, -0.2) is 14.8 Å². The summed E-state index contributed by atoms with van der Waals surface area (Å²) in [5, 5.41) is 20.4. The highest BCUT2D eigenvalue weighted by molar-refractivity contribution is 5.73. The maximum atomic E-state index is 13.7. The number of β-amino-alcohol motifs (C(OH)–C–C–N with tert-alkyl or cyclic N) is 1. The molecule has 46 heavy (non-hydrogen) atoms. The highest BCUT2D eigenvalue weighted by atomic mass is 19.4. The van der Waals surface area contributed by atoms with E-state index >= 15 is 0 Å². The van der Waals surface area contributed by atoms with Gasteiger partial charge in [0.05, 0.1) is 22.9 Å². The number of aliphatic hydroxyl groups excluding tert-OH is 1. The van der Waals surface area contributed by atoms with Crippen LogP contribution in [0.25, 0.3) is 0 Å². The molecule has 18 heteroatoms. The first kappa shape index (κ1) is 34.5. The molecule has 2 aliphatic rings. The lowest BCUT2D eigenvalue weighted by atomic mass is 10.1. The fourth-order valence-corrected chi connectivity index (χ4v) is 4.93. The highest BCUT2D eigenvalue weighted by Crippen LogP contribution is 2.37. The molecule has 1 aromatic carbocycles. The number of carboxylic acids is 1. The lowest BCUT2D eigenvalue weighted by Gasteiger charge is -2.31. The molecule has 1 saturated heterocycles. The van der Waals surface area contributed by atoms with Gasteiger partial charge in [-0.2, -0.15) is 44.5 Å². The molecule has 0 unspecified atom stereocenters. The normalized spacial score (nSPS) is 17.4. The Morgan fingerprint density at radius 2 is 1.52 bits per heavy atom. The maximum Gasteiger partial charge on any atom is 0.490 e. The number of pyridine rings is 1. The van der Waals surface area contributed by atoms with Gasteiger partial charge < -0.3 is 25.3 Å². The van der Waals surface area contributed by atoms with Gasteiger partial charge in [-0.05, 0) is 55.7 Å². The molecule has 3 aromatic rings. The Morgan fingerprint density at radius 3 is 2.11 bits per heavy atom. The third kappa shape index (κ3) is 8.67. The predicted molar refractivity (Wildman–Crippen MR) is 147 cm³/mol. The van der Waals surface area contributed by atoms with Crippen LogP contribution in [0.15, 0.2) is 42.6 Å². The monoisotopic (exact) mass is 666 g/mol. The van der Waals surface area contributed by atoms with Crippen LogP contribution in [0, 0.1) is 0 Å². The number of benzene rings is 1. The molecule has 0 amide bonds. The van der Waals surface area contributed by atoms with Gasteiger partial charge in [-0.3, -0.25) is 0 Å². The van der Waals surface area contributed by atoms with Crippen LogP contribution in [-0.2, 0) is 30.0 Å². The number of rotatable bonds is 4. The second-order valence-corrected chi connectivity index (χ2v) is 10.4. The Kier molecular flexibility index (Phi) is 10.2. The number of anilines is 4. The zero-order chi connectivity index (χ0) is 33.9. The zero-order valence-electron chi connectivity index (χ0n) is 23.7. The Morgan fingerprint density at radius 1 is 0.870 bits per heavy atom. The van der Waals surface area contributed by atoms with E-state index in [1.54, 1.807) is 4.90 Å². The Balaban J connectivity index is 0.000000617. The number of aliphatic hydroxyl groups is 1. The number of fused-ring (bicyclic) bond motifs is 1. The number of piperidine rings is 1. The van der Waals surface area contributed by atoms with Crippen LogP contribution in [0.1, 0.15) is 35.2 Å². The molecule has 9 nitrogen and oxygen atoms in total. The van der Waals surface area contributed by atoms with E-state index in [2.05, 4.69) is 15.3 Å². The van der Waals surface area contributed by atoms with Gasteiger partial charge in [0.15, 0.2) is 0 Å². The predicted octanol–water partition coefficient (Wildman–Crippen LogP) is 5.85. The minimum absolute atomic E-state index is 0.164. The Hall–Kier alpha value is -4.35. The molecular formula is C28H27F9N6O3. The molecule has 1 fully saturated rings. The van der Waals surface area contributed by atoms with Crippen LogP contribution < -0.4 is 15.1 Å². The van der Waals surface area contributed by atoms with Crippen molar-refractivity contribution in [2.45, 2.75) is 50.3 Å². The van der Waals surface area contributed by atoms with Crippen LogP contribution in [0.3, 0.4) is 0 Å². The molecule has 5 rings (SSSR count). The van der Waals surface area contributed by atoms with Crippen molar-refractivity contribution in [3.63, 3.8) is 0 Å². The summed E-state index contributed by atoms with van der Waals surface area (Å²) in [7, 11) is 0. The van der Waals surface area contributed by atoms with Gasteiger partial charge >= 0.3 is 24.5 Å². The molecule has 0 spiro atoms. The molecule has 0 aliphatic carbocycles. The smallest absolute Gasteiger partial charge is 0.475 e. The van der Waals surface area contributed by atoms with Crippen molar-refractivity contribution in [1.29, 1.82) is 0 Å². The average Bonchev–Trinajstić information content (AvgIpc) is 3.19. The molecule has 2 aliphatic heterocycles. The lowest BCUT2D eigenvalue weighted by Crippen LogP contribution is -2.39. The standard InChI is InChI=1S/C26H26F6N6O.C2HF3O2/c27-25(28,29)16-5-7-17(8-6-16)34-22-19-9-13-37(23-20(26(30,31)32)4-1-11-33-23)14-10-21(19)35-24(36-22)38-12-2-3-18(39)15-38;3-2(4,5)1(6)7/h1,4-8,11,18,39H,2-3,9-10,12-15H2,(H,34,35,36);(H,6,7)/t18-;/m0./s1. The van der Waals surface area contributed by atoms with E-state index in [0.29, 0.717) is 54.6 Å². The van der Waals surface area contributed by atoms with Gasteiger partial charge in [0, 0.05) is 50.0 Å². The van der Waals surface area contributed by atoms with E-state index in [0.717, 1.165) is 24.6 Å². The zero-order valence-corrected chi connectivity index (χ0v) is 23.7. The van der Waals surface area contributed by atoms with Crippen molar-refractivity contribution >= 4 is 29.2 Å². The van der Waals surface area contributed by atoms with Crippen molar-refractivity contribution in [3.8, 4) is 0 Å². The molecule has 0 radical (unpaired) electrons. The number of carboxylic acid groups (broad SMARTS) is 1. The number of aromatic nitrogens is 3. The summed E-state index contributed by atoms with van der Waals surface area (Å²) in [4.78, 5) is 25.7. The maximum absolute atomic E-state index is 13.7. The van der Waals surface area contributed by atoms with Gasteiger partial charge in [-0.15, -0.1) is 0 Å². The molecule has 1 atom stereocenters. The van der Waals surface area contributed by atoms with Crippen LogP contribution in [0.2, 0.25) is 0 Å². The van der Waals surface area contributed by atoms with E-state index in [9.17, 15) is 44.6 Å². The van der Waals surface area contributed by atoms with Crippen LogP contribution in [0.5, 0.6) is 0 Å². The topological polar surface area (TPSA) is 115 Å². The van der Waals surface area contributed by atoms with E-state index < -0.39 is 41.7 Å². The fraction of sp³-hybridized carbons (Fsp3) is 0.429. The van der Waals surface area contributed by atoms with Crippen molar-refractivity contribution < 1.29 is 54.5 Å². The van der Waals surface area contributed by atoms with Crippen LogP contribution in [0.4, 0.5) is 62.8 Å². The molecule has 2 aromatic heterocycles. The third-order valence-corrected chi connectivity index (χ3v) is 7.12. The van der Waals surface area contributed by atoms with Gasteiger partial charge in [0.2, 0.25) is 5.95 Å². The number of nitrogens with one attached hydrogen (secondary N) is 1. The van der Waals surface area contributed by atoms with Crippen LogP contribution in [-0.4, -0.2) is 69.6 Å². The summed E-state index contributed by atoms with van der Waals surface area (Å²) < 4.78 is 112. The largest absolute Gasteiger partial charge is 0.490 e. The summed E-state index contributed by atoms with van der Waals surface area (Å²) in [6.07, 6.45) is -11.4. The molecule has 250 valence electrons. The molecular weight excluding hydrogens is 639 g/mol. The number of aliphatic carboxylic acids is 1. The average molecular weight is 667 g/mol. The minimum Gasteiger partial charge on any atom is -0.475 e. The number of hydrogen-bond acceptors (Lipinski definition) is 8. The SMILES string of the molecule is O=C(O)C(F)(F)F.O[C@H]1CCCN(c2nc3c(c(Nc4ccc(C(F)(F)F)cc4)n2)CCN(c2ncccc2C(F)(F)F)CC3)C1. The molecule has 0 saturated carbocycles. The Labute approximate surface area is 255 Å². The van der Waals surface area contributed by atoms with Crippen molar-refractivity contribution in [1.82, 2.24) is 15.0 Å². The Bertz CT molecular complexity index is 1510. The number of hydrogen-bond donors (Lipinski definition) is 3. The third-order valence-electron chi connectivity index (χ3n) is 7.12. The second kappa shape index (κ2) is 13.6. The van der Waals surface area contributed by atoms with E-state index in [1.807, 2.05) is 4.90 Å². The number of halogens is 9. The quantitative estimate of drug-likeness (QED) is 0.295. The molecule has 0 bridgehead atoms. The minimum atomic E-state index is -5.08. The van der Waals surface area contributed by atoms with Gasteiger partial charge in [-0.1, -0.05) is 0 Å². The molecule has 4 heterocycles. The number of carbonyl (C=O) groups is 1. The van der Waals surface area contributed by atoms with E-state index in [-0.39, 0.29) is 25.3 Å².